The van der Waals surface area contributed by atoms with Gasteiger partial charge in [-0.3, -0.25) is 9.00 Å². The van der Waals surface area contributed by atoms with Crippen molar-refractivity contribution >= 4 is 17.2 Å². The minimum Gasteiger partial charge on any atom is -0.760 e. The first-order valence-corrected chi connectivity index (χ1v) is 9.51. The molecule has 0 bridgehead atoms. The molecule has 0 saturated carbocycles. The molecule has 0 aliphatic heterocycles. The number of hydrogen-bond donors (Lipinski definition) is 2. The third kappa shape index (κ3) is 4.74. The highest BCUT2D eigenvalue weighted by atomic mass is 32.2. The fraction of sp³-hybridized carbons (Fsp3) is 0.350. The van der Waals surface area contributed by atoms with Crippen LogP contribution >= 0.6 is 0 Å². The van der Waals surface area contributed by atoms with Gasteiger partial charge >= 0.3 is 5.97 Å². The van der Waals surface area contributed by atoms with E-state index in [-0.39, 0.29) is 5.41 Å². The van der Waals surface area contributed by atoms with Crippen LogP contribution < -0.4 is 9.46 Å². The minimum atomic E-state index is -2.70. The van der Waals surface area contributed by atoms with E-state index in [0.717, 1.165) is 5.56 Å². The molecule has 2 rings (SSSR count). The second kappa shape index (κ2) is 8.21. The van der Waals surface area contributed by atoms with Crippen LogP contribution in [0.3, 0.4) is 0 Å². The van der Waals surface area contributed by atoms with E-state index in [1.165, 1.54) is 7.11 Å². The summed E-state index contributed by atoms with van der Waals surface area (Å²) >= 11 is -2.70. The van der Waals surface area contributed by atoms with Crippen LogP contribution in [0.2, 0.25) is 0 Å². The van der Waals surface area contributed by atoms with Crippen LogP contribution in [0.15, 0.2) is 48.5 Å². The Labute approximate surface area is 162 Å². The summed E-state index contributed by atoms with van der Waals surface area (Å²) in [7, 11) is 1.46. The number of ether oxygens (including phenoxy) is 1. The van der Waals surface area contributed by atoms with Gasteiger partial charge in [0.05, 0.1) is 19.1 Å². The molecule has 2 aromatic rings. The van der Waals surface area contributed by atoms with Crippen LogP contribution in [0, 0.1) is 0 Å². The Morgan fingerprint density at radius 2 is 1.67 bits per heavy atom. The van der Waals surface area contributed by atoms with Crippen LogP contribution in [0.5, 0.6) is 5.75 Å². The Morgan fingerprint density at radius 1 is 1.11 bits per heavy atom. The molecule has 2 atom stereocenters. The fourth-order valence-corrected chi connectivity index (χ4v) is 3.71. The number of para-hydroxylation sites is 1. The van der Waals surface area contributed by atoms with Crippen molar-refractivity contribution in [2.45, 2.75) is 38.1 Å². The number of carboxylic acids is 1. The molecule has 146 valence electrons. The molecule has 0 radical (unpaired) electrons. The number of rotatable bonds is 7. The number of aliphatic carboxylic acids is 1. The summed E-state index contributed by atoms with van der Waals surface area (Å²) in [4.78, 5) is 11.7. The van der Waals surface area contributed by atoms with E-state index < -0.39 is 29.2 Å². The zero-order valence-corrected chi connectivity index (χ0v) is 16.6. The molecule has 27 heavy (non-hydrogen) atoms. The van der Waals surface area contributed by atoms with E-state index >= 15 is 0 Å². The average molecular weight is 390 g/mol. The molecular formula is C20H24NO5S-. The van der Waals surface area contributed by atoms with Gasteiger partial charge in [0.15, 0.2) is 0 Å². The van der Waals surface area contributed by atoms with Gasteiger partial charge in [-0.15, -0.1) is 0 Å². The molecule has 0 spiro atoms. The molecule has 6 nitrogen and oxygen atoms in total. The van der Waals surface area contributed by atoms with E-state index in [4.69, 9.17) is 4.74 Å². The van der Waals surface area contributed by atoms with Gasteiger partial charge in [0.2, 0.25) is 0 Å². The normalized spacial score (nSPS) is 15.0. The van der Waals surface area contributed by atoms with Gasteiger partial charge in [0, 0.05) is 16.8 Å². The van der Waals surface area contributed by atoms with E-state index in [2.05, 4.69) is 25.5 Å². The Balaban J connectivity index is 2.74. The second-order valence-corrected chi connectivity index (χ2v) is 8.01. The second-order valence-electron chi connectivity index (χ2n) is 7.34. The van der Waals surface area contributed by atoms with E-state index in [1.54, 1.807) is 36.4 Å². The highest BCUT2D eigenvalue weighted by Gasteiger charge is 2.39. The molecule has 2 N–H and O–H groups in total. The van der Waals surface area contributed by atoms with Crippen LogP contribution in [-0.2, 0) is 27.0 Å². The van der Waals surface area contributed by atoms with Crippen molar-refractivity contribution in [1.29, 1.82) is 0 Å². The molecular weight excluding hydrogens is 366 g/mol. The van der Waals surface area contributed by atoms with Crippen LogP contribution in [0.4, 0.5) is 0 Å². The highest BCUT2D eigenvalue weighted by Crippen LogP contribution is 2.39. The summed E-state index contributed by atoms with van der Waals surface area (Å²) in [6.45, 7) is 6.20. The lowest BCUT2D eigenvalue weighted by Crippen LogP contribution is -2.46. The number of nitrogens with one attached hydrogen (secondary N) is 1. The van der Waals surface area contributed by atoms with Gasteiger partial charge in [-0.05, 0) is 22.6 Å². The zero-order chi connectivity index (χ0) is 20.2. The maximum absolute atomic E-state index is 11.7. The van der Waals surface area contributed by atoms with Crippen molar-refractivity contribution in [2.24, 2.45) is 0 Å². The maximum Gasteiger partial charge on any atom is 0.305 e. The maximum atomic E-state index is 11.7. The smallest absolute Gasteiger partial charge is 0.305 e. The van der Waals surface area contributed by atoms with Gasteiger partial charge in [0.1, 0.15) is 5.75 Å². The van der Waals surface area contributed by atoms with E-state index in [0.29, 0.717) is 16.9 Å². The van der Waals surface area contributed by atoms with E-state index in [9.17, 15) is 18.7 Å². The summed E-state index contributed by atoms with van der Waals surface area (Å²) in [5, 5.41) is 9.55. The summed E-state index contributed by atoms with van der Waals surface area (Å²) in [5.41, 5.74) is 0.419. The lowest BCUT2D eigenvalue weighted by atomic mass is 9.78. The third-order valence-corrected chi connectivity index (χ3v) is 5.00. The first-order valence-electron chi connectivity index (χ1n) is 8.43. The Bertz CT molecular complexity index is 811. The van der Waals surface area contributed by atoms with Gasteiger partial charge in [-0.2, -0.15) is 0 Å². The largest absolute Gasteiger partial charge is 0.760 e. The minimum absolute atomic E-state index is 0.0901. The molecule has 7 heteroatoms. The topological polar surface area (TPSA) is 98.7 Å². The summed E-state index contributed by atoms with van der Waals surface area (Å²) in [6.07, 6.45) is -0.476. The van der Waals surface area contributed by atoms with Gasteiger partial charge in [-0.1, -0.05) is 63.2 Å². The molecule has 0 aliphatic carbocycles. The standard InChI is InChI=1S/C20H25NO5S/c1-19(2,3)14-9-11-15(12-10-14)20(13-18(22)23,21-27(24)25)16-7-5-6-8-17(16)26-4/h5-12,21H,13H2,1-4H3,(H,22,23)(H,24,25)/p-1. The lowest BCUT2D eigenvalue weighted by molar-refractivity contribution is -0.138. The first kappa shape index (κ1) is 21.1. The van der Waals surface area contributed by atoms with Crippen LogP contribution in [0.1, 0.15) is 43.9 Å². The highest BCUT2D eigenvalue weighted by molar-refractivity contribution is 7.77. The summed E-state index contributed by atoms with van der Waals surface area (Å²) < 4.78 is 31.1. The molecule has 0 amide bonds. The Morgan fingerprint density at radius 3 is 2.15 bits per heavy atom. The van der Waals surface area contributed by atoms with Gasteiger partial charge in [0.25, 0.3) is 0 Å². The van der Waals surface area contributed by atoms with Crippen molar-refractivity contribution in [3.8, 4) is 5.75 Å². The first-order chi connectivity index (χ1) is 12.6. The number of benzene rings is 2. The summed E-state index contributed by atoms with van der Waals surface area (Å²) in [5.74, 6) is -0.740. The average Bonchev–Trinajstić information content (AvgIpc) is 2.59. The fourth-order valence-electron chi connectivity index (χ4n) is 3.12. The number of methoxy groups -OCH3 is 1. The number of carbonyl (C=O) groups is 1. The molecule has 0 heterocycles. The molecule has 2 unspecified atom stereocenters. The van der Waals surface area contributed by atoms with Crippen molar-refractivity contribution < 1.29 is 23.4 Å². The van der Waals surface area contributed by atoms with Crippen molar-refractivity contribution in [3.63, 3.8) is 0 Å². The monoisotopic (exact) mass is 390 g/mol. The van der Waals surface area contributed by atoms with E-state index in [1.807, 2.05) is 12.1 Å². The SMILES string of the molecule is COc1ccccc1C(CC(=O)O)(NS(=O)[O-])c1ccc(C(C)(C)C)cc1. The van der Waals surface area contributed by atoms with Crippen molar-refractivity contribution in [2.75, 3.05) is 7.11 Å². The Kier molecular flexibility index (Phi) is 6.41. The molecule has 0 aliphatic rings. The Hall–Kier alpha value is -2.22. The number of carboxylic acid groups (broad SMARTS) is 1. The van der Waals surface area contributed by atoms with Crippen LogP contribution in [-0.4, -0.2) is 26.9 Å². The van der Waals surface area contributed by atoms with Gasteiger partial charge in [-0.25, -0.2) is 4.72 Å². The predicted molar refractivity (Wildman–Crippen MR) is 103 cm³/mol. The molecule has 0 saturated heterocycles. The summed E-state index contributed by atoms with van der Waals surface area (Å²) in [6, 6.07) is 14.1. The zero-order valence-electron chi connectivity index (χ0n) is 15.8. The van der Waals surface area contributed by atoms with Crippen LogP contribution in [0.25, 0.3) is 0 Å². The van der Waals surface area contributed by atoms with Gasteiger partial charge < -0.3 is 14.4 Å². The number of hydrogen-bond acceptors (Lipinski definition) is 4. The molecule has 0 aromatic heterocycles. The molecule has 2 aromatic carbocycles. The van der Waals surface area contributed by atoms with Crippen molar-refractivity contribution in [3.05, 3.63) is 65.2 Å². The molecule has 0 fully saturated rings. The lowest BCUT2D eigenvalue weighted by Gasteiger charge is -2.36. The van der Waals surface area contributed by atoms with Crippen molar-refractivity contribution in [1.82, 2.24) is 4.72 Å². The third-order valence-electron chi connectivity index (χ3n) is 4.48. The predicted octanol–water partition coefficient (Wildman–Crippen LogP) is 3.09. The quantitative estimate of drug-likeness (QED) is 0.708.